The van der Waals surface area contributed by atoms with Crippen LogP contribution in [-0.2, 0) is 6.61 Å². The molecule has 0 saturated carbocycles. The van der Waals surface area contributed by atoms with E-state index >= 15 is 0 Å². The van der Waals surface area contributed by atoms with Crippen LogP contribution >= 0.6 is 0 Å². The van der Waals surface area contributed by atoms with Gasteiger partial charge in [-0.05, 0) is 49.2 Å². The quantitative estimate of drug-likeness (QED) is 0.859. The van der Waals surface area contributed by atoms with Gasteiger partial charge in [0.15, 0.2) is 0 Å². The second-order valence-corrected chi connectivity index (χ2v) is 5.51. The Bertz CT molecular complexity index is 674. The average molecular weight is 317 g/mol. The van der Waals surface area contributed by atoms with Crippen molar-refractivity contribution in [3.63, 3.8) is 0 Å². The smallest absolute Gasteiger partial charge is 0.253 e. The molecule has 1 aliphatic heterocycles. The Morgan fingerprint density at radius 2 is 1.61 bits per heavy atom. The summed E-state index contributed by atoms with van der Waals surface area (Å²) >= 11 is 0. The molecule has 0 unspecified atom stereocenters. The van der Waals surface area contributed by atoms with Crippen LogP contribution in [0.25, 0.3) is 0 Å². The van der Waals surface area contributed by atoms with Gasteiger partial charge < -0.3 is 9.64 Å². The molecule has 1 amide bonds. The summed E-state index contributed by atoms with van der Waals surface area (Å²) in [6.07, 6.45) is 2.09. The highest BCUT2D eigenvalue weighted by Gasteiger charge is 2.19. The summed E-state index contributed by atoms with van der Waals surface area (Å²) in [6, 6.07) is 10.3. The van der Waals surface area contributed by atoms with E-state index in [9.17, 15) is 13.6 Å². The third-order valence-corrected chi connectivity index (χ3v) is 3.94. The molecular formula is C18H17F2NO2. The minimum Gasteiger partial charge on any atom is -0.489 e. The number of benzene rings is 2. The Labute approximate surface area is 133 Å². The third-order valence-electron chi connectivity index (χ3n) is 3.94. The fraction of sp³-hybridized carbons (Fsp3) is 0.278. The lowest BCUT2D eigenvalue weighted by Gasteiger charge is -2.15. The van der Waals surface area contributed by atoms with Crippen molar-refractivity contribution in [1.29, 1.82) is 0 Å². The molecule has 120 valence electrons. The second kappa shape index (κ2) is 6.77. The number of amides is 1. The van der Waals surface area contributed by atoms with Crippen molar-refractivity contribution in [2.24, 2.45) is 0 Å². The van der Waals surface area contributed by atoms with Gasteiger partial charge in [0.05, 0.1) is 5.56 Å². The molecule has 1 aliphatic rings. The maximum atomic E-state index is 13.5. The number of hydrogen-bond donors (Lipinski definition) is 0. The molecule has 2 aromatic rings. The highest BCUT2D eigenvalue weighted by atomic mass is 19.1. The molecule has 23 heavy (non-hydrogen) atoms. The van der Waals surface area contributed by atoms with E-state index in [2.05, 4.69) is 0 Å². The number of halogens is 2. The van der Waals surface area contributed by atoms with E-state index in [1.807, 2.05) is 4.90 Å². The highest BCUT2D eigenvalue weighted by molar-refractivity contribution is 5.94. The Balaban J connectivity index is 1.64. The van der Waals surface area contributed by atoms with E-state index < -0.39 is 11.6 Å². The van der Waals surface area contributed by atoms with Crippen LogP contribution < -0.4 is 4.74 Å². The monoisotopic (exact) mass is 317 g/mol. The van der Waals surface area contributed by atoms with E-state index in [4.69, 9.17) is 4.74 Å². The zero-order valence-electron chi connectivity index (χ0n) is 12.6. The molecule has 0 aliphatic carbocycles. The molecule has 3 nitrogen and oxygen atoms in total. The summed E-state index contributed by atoms with van der Waals surface area (Å²) in [6.45, 7) is 1.39. The van der Waals surface area contributed by atoms with Gasteiger partial charge in [-0.2, -0.15) is 0 Å². The molecule has 1 saturated heterocycles. The molecule has 0 N–H and O–H groups in total. The Kier molecular flexibility index (Phi) is 4.55. The molecular weight excluding hydrogens is 300 g/mol. The summed E-state index contributed by atoms with van der Waals surface area (Å²) in [5.41, 5.74) is 0.487. The molecule has 0 radical (unpaired) electrons. The first-order chi connectivity index (χ1) is 11.1. The summed E-state index contributed by atoms with van der Waals surface area (Å²) < 4.78 is 32.5. The van der Waals surface area contributed by atoms with E-state index in [0.717, 1.165) is 25.9 Å². The first-order valence-corrected chi connectivity index (χ1v) is 7.60. The molecule has 1 heterocycles. The van der Waals surface area contributed by atoms with Crippen LogP contribution in [0.2, 0.25) is 0 Å². The Morgan fingerprint density at radius 3 is 2.22 bits per heavy atom. The van der Waals surface area contributed by atoms with E-state index in [0.29, 0.717) is 11.3 Å². The van der Waals surface area contributed by atoms with Crippen molar-refractivity contribution < 1.29 is 18.3 Å². The lowest BCUT2D eigenvalue weighted by atomic mass is 10.2. The van der Waals surface area contributed by atoms with Gasteiger partial charge in [0, 0.05) is 18.7 Å². The molecule has 0 bridgehead atoms. The zero-order valence-corrected chi connectivity index (χ0v) is 12.6. The molecule has 1 fully saturated rings. The van der Waals surface area contributed by atoms with Crippen LogP contribution in [0.3, 0.4) is 0 Å². The van der Waals surface area contributed by atoms with Gasteiger partial charge in [-0.3, -0.25) is 4.79 Å². The van der Waals surface area contributed by atoms with Crippen molar-refractivity contribution >= 4 is 5.91 Å². The SMILES string of the molecule is O=C(c1ccc(OCc2c(F)cccc2F)cc1)N1CCCC1. The van der Waals surface area contributed by atoms with Gasteiger partial charge in [-0.15, -0.1) is 0 Å². The number of ether oxygens (including phenoxy) is 1. The summed E-state index contributed by atoms with van der Waals surface area (Å²) in [7, 11) is 0. The van der Waals surface area contributed by atoms with Crippen molar-refractivity contribution in [2.45, 2.75) is 19.4 Å². The fourth-order valence-corrected chi connectivity index (χ4v) is 2.62. The molecule has 3 rings (SSSR count). The average Bonchev–Trinajstić information content (AvgIpc) is 3.09. The van der Waals surface area contributed by atoms with Crippen molar-refractivity contribution in [3.8, 4) is 5.75 Å². The van der Waals surface area contributed by atoms with Gasteiger partial charge in [0.2, 0.25) is 0 Å². The summed E-state index contributed by atoms with van der Waals surface area (Å²) in [5.74, 6) is -0.795. The highest BCUT2D eigenvalue weighted by Crippen LogP contribution is 2.19. The normalized spacial score (nSPS) is 14.1. The Morgan fingerprint density at radius 1 is 1.00 bits per heavy atom. The van der Waals surface area contributed by atoms with Crippen LogP contribution in [0.15, 0.2) is 42.5 Å². The maximum absolute atomic E-state index is 13.5. The number of carbonyl (C=O) groups is 1. The van der Waals surface area contributed by atoms with Crippen LogP contribution in [0.1, 0.15) is 28.8 Å². The van der Waals surface area contributed by atoms with Crippen LogP contribution in [-0.4, -0.2) is 23.9 Å². The number of carbonyl (C=O) groups excluding carboxylic acids is 1. The first kappa shape index (κ1) is 15.5. The minimum atomic E-state index is -0.633. The lowest BCUT2D eigenvalue weighted by Crippen LogP contribution is -2.27. The summed E-state index contributed by atoms with van der Waals surface area (Å²) in [4.78, 5) is 14.0. The standard InChI is InChI=1S/C18H17F2NO2/c19-16-4-3-5-17(20)15(16)12-23-14-8-6-13(7-9-14)18(22)21-10-1-2-11-21/h3-9H,1-2,10-12H2. The maximum Gasteiger partial charge on any atom is 0.253 e. The van der Waals surface area contributed by atoms with Gasteiger partial charge >= 0.3 is 0 Å². The lowest BCUT2D eigenvalue weighted by molar-refractivity contribution is 0.0793. The second-order valence-electron chi connectivity index (χ2n) is 5.51. The molecule has 5 heteroatoms. The van der Waals surface area contributed by atoms with Gasteiger partial charge in [0.1, 0.15) is 24.0 Å². The number of hydrogen-bond acceptors (Lipinski definition) is 2. The van der Waals surface area contributed by atoms with Crippen molar-refractivity contribution in [2.75, 3.05) is 13.1 Å². The minimum absolute atomic E-state index is 0.00852. The van der Waals surface area contributed by atoms with Crippen molar-refractivity contribution in [1.82, 2.24) is 4.90 Å². The number of rotatable bonds is 4. The third kappa shape index (κ3) is 3.50. The number of nitrogens with zero attached hydrogens (tertiary/aromatic N) is 1. The molecule has 0 atom stereocenters. The predicted molar refractivity (Wildman–Crippen MR) is 82.3 cm³/mol. The van der Waals surface area contributed by atoms with Crippen LogP contribution in [0.4, 0.5) is 8.78 Å². The van der Waals surface area contributed by atoms with E-state index in [1.54, 1.807) is 24.3 Å². The van der Waals surface area contributed by atoms with E-state index in [-0.39, 0.29) is 18.1 Å². The molecule has 2 aromatic carbocycles. The largest absolute Gasteiger partial charge is 0.489 e. The predicted octanol–water partition coefficient (Wildman–Crippen LogP) is 3.78. The molecule has 0 aromatic heterocycles. The van der Waals surface area contributed by atoms with Gasteiger partial charge in [-0.25, -0.2) is 8.78 Å². The van der Waals surface area contributed by atoms with Gasteiger partial charge in [-0.1, -0.05) is 6.07 Å². The van der Waals surface area contributed by atoms with Gasteiger partial charge in [0.25, 0.3) is 5.91 Å². The van der Waals surface area contributed by atoms with Crippen molar-refractivity contribution in [3.05, 3.63) is 65.2 Å². The van der Waals surface area contributed by atoms with Crippen LogP contribution in [0, 0.1) is 11.6 Å². The zero-order chi connectivity index (χ0) is 16.2. The number of likely N-dealkylation sites (tertiary alicyclic amines) is 1. The van der Waals surface area contributed by atoms with Crippen LogP contribution in [0.5, 0.6) is 5.75 Å². The Hall–Kier alpha value is -2.43. The molecule has 0 spiro atoms. The topological polar surface area (TPSA) is 29.5 Å². The fourth-order valence-electron chi connectivity index (χ4n) is 2.62. The summed E-state index contributed by atoms with van der Waals surface area (Å²) in [5, 5.41) is 0. The first-order valence-electron chi connectivity index (χ1n) is 7.60. The van der Waals surface area contributed by atoms with E-state index in [1.165, 1.54) is 18.2 Å².